The van der Waals surface area contributed by atoms with E-state index in [4.69, 9.17) is 5.73 Å². The molecule has 1 aromatic rings. The Kier molecular flexibility index (Phi) is 3.70. The van der Waals surface area contributed by atoms with Gasteiger partial charge in [-0.15, -0.1) is 0 Å². The van der Waals surface area contributed by atoms with E-state index in [0.717, 1.165) is 16.9 Å². The van der Waals surface area contributed by atoms with Gasteiger partial charge in [0.1, 0.15) is 0 Å². The normalized spacial score (nSPS) is 28.8. The monoisotopic (exact) mass is 281 g/mol. The van der Waals surface area contributed by atoms with Gasteiger partial charge in [0.25, 0.3) is 0 Å². The van der Waals surface area contributed by atoms with Gasteiger partial charge in [-0.1, -0.05) is 47.8 Å². The number of rotatable bonds is 4. The maximum atomic E-state index is 5.99. The zero-order valence-electron chi connectivity index (χ0n) is 9.88. The molecule has 1 saturated carbocycles. The molecule has 1 aliphatic carbocycles. The largest absolute Gasteiger partial charge is 0.330 e. The third-order valence-corrected chi connectivity index (χ3v) is 4.43. The molecule has 0 atom stereocenters. The average Bonchev–Trinajstić information content (AvgIpc) is 2.24. The van der Waals surface area contributed by atoms with Gasteiger partial charge >= 0.3 is 0 Å². The summed E-state index contributed by atoms with van der Waals surface area (Å²) in [4.78, 5) is 0. The van der Waals surface area contributed by atoms with Crippen LogP contribution in [0.3, 0.4) is 0 Å². The van der Waals surface area contributed by atoms with E-state index in [0.29, 0.717) is 0 Å². The summed E-state index contributed by atoms with van der Waals surface area (Å²) in [5, 5.41) is 0. The summed E-state index contributed by atoms with van der Waals surface area (Å²) >= 11 is 3.48. The van der Waals surface area contributed by atoms with Crippen LogP contribution in [-0.2, 0) is 5.41 Å². The van der Waals surface area contributed by atoms with E-state index in [2.05, 4.69) is 47.1 Å². The molecule has 0 heterocycles. The van der Waals surface area contributed by atoms with Crippen LogP contribution in [0.5, 0.6) is 0 Å². The number of benzene rings is 1. The van der Waals surface area contributed by atoms with E-state index in [1.54, 1.807) is 0 Å². The first-order valence-electron chi connectivity index (χ1n) is 6.16. The Morgan fingerprint density at radius 1 is 1.31 bits per heavy atom. The first-order valence-corrected chi connectivity index (χ1v) is 6.95. The maximum Gasteiger partial charge on any atom is 0.0175 e. The molecule has 0 spiro atoms. The highest BCUT2D eigenvalue weighted by Crippen LogP contribution is 2.48. The molecule has 0 aliphatic heterocycles. The highest BCUT2D eigenvalue weighted by molar-refractivity contribution is 9.10. The van der Waals surface area contributed by atoms with E-state index in [-0.39, 0.29) is 5.41 Å². The third-order valence-electron chi connectivity index (χ3n) is 3.90. The fraction of sp³-hybridized carbons (Fsp3) is 0.571. The van der Waals surface area contributed by atoms with E-state index < -0.39 is 0 Å². The Morgan fingerprint density at radius 2 is 1.94 bits per heavy atom. The summed E-state index contributed by atoms with van der Waals surface area (Å²) in [5.74, 6) is 0.900. The van der Waals surface area contributed by atoms with Gasteiger partial charge in [0, 0.05) is 16.4 Å². The summed E-state index contributed by atoms with van der Waals surface area (Å²) in [6.45, 7) is 3.05. The van der Waals surface area contributed by atoms with Crippen molar-refractivity contribution in [3.63, 3.8) is 0 Å². The van der Waals surface area contributed by atoms with Crippen LogP contribution in [0.15, 0.2) is 28.7 Å². The van der Waals surface area contributed by atoms with Gasteiger partial charge < -0.3 is 5.73 Å². The number of hydrogen-bond donors (Lipinski definition) is 1. The molecule has 1 nitrogen and oxygen atoms in total. The lowest BCUT2D eigenvalue weighted by Crippen LogP contribution is -2.47. The van der Waals surface area contributed by atoms with E-state index in [9.17, 15) is 0 Å². The van der Waals surface area contributed by atoms with Crippen LogP contribution in [0.2, 0.25) is 0 Å². The van der Waals surface area contributed by atoms with Crippen molar-refractivity contribution in [2.24, 2.45) is 11.7 Å². The molecule has 0 aromatic heterocycles. The molecule has 0 saturated heterocycles. The van der Waals surface area contributed by atoms with Crippen molar-refractivity contribution in [1.82, 2.24) is 0 Å². The minimum absolute atomic E-state index is 0.278. The minimum atomic E-state index is 0.278. The van der Waals surface area contributed by atoms with Crippen LogP contribution < -0.4 is 5.73 Å². The Morgan fingerprint density at radius 3 is 2.44 bits per heavy atom. The fourth-order valence-electron chi connectivity index (χ4n) is 2.98. The molecule has 1 aliphatic rings. The van der Waals surface area contributed by atoms with E-state index in [1.165, 1.54) is 31.2 Å². The summed E-state index contributed by atoms with van der Waals surface area (Å²) in [7, 11) is 0. The molecule has 0 unspecified atom stereocenters. The number of halogens is 1. The smallest absolute Gasteiger partial charge is 0.0175 e. The molecule has 2 heteroatoms. The molecule has 16 heavy (non-hydrogen) atoms. The molecule has 1 fully saturated rings. The molecular weight excluding hydrogens is 262 g/mol. The standard InChI is InChI=1S/C14H20BrN/c1-2-3-11-8-14(9-11,10-16)12-4-6-13(15)7-5-12/h4-7,11H,2-3,8-10,16H2,1H3. The predicted molar refractivity (Wildman–Crippen MR) is 72.5 cm³/mol. The van der Waals surface area contributed by atoms with E-state index >= 15 is 0 Å². The van der Waals surface area contributed by atoms with Gasteiger partial charge in [-0.2, -0.15) is 0 Å². The van der Waals surface area contributed by atoms with Gasteiger partial charge in [0.15, 0.2) is 0 Å². The molecule has 0 bridgehead atoms. The molecule has 0 radical (unpaired) electrons. The summed E-state index contributed by atoms with van der Waals surface area (Å²) < 4.78 is 1.15. The molecular formula is C14H20BrN. The molecule has 2 rings (SSSR count). The Hall–Kier alpha value is -0.340. The van der Waals surface area contributed by atoms with Crippen LogP contribution >= 0.6 is 15.9 Å². The second-order valence-electron chi connectivity index (χ2n) is 5.05. The molecule has 0 amide bonds. The summed E-state index contributed by atoms with van der Waals surface area (Å²) in [5.41, 5.74) is 7.69. The third kappa shape index (κ3) is 2.18. The van der Waals surface area contributed by atoms with Crippen molar-refractivity contribution in [1.29, 1.82) is 0 Å². The summed E-state index contributed by atoms with van der Waals surface area (Å²) in [6, 6.07) is 8.69. The highest BCUT2D eigenvalue weighted by Gasteiger charge is 2.43. The number of nitrogens with two attached hydrogens (primary N) is 1. The SMILES string of the molecule is CCCC1CC(CN)(c2ccc(Br)cc2)C1. The lowest BCUT2D eigenvalue weighted by molar-refractivity contribution is 0.139. The average molecular weight is 282 g/mol. The Labute approximate surface area is 107 Å². The van der Waals surface area contributed by atoms with Gasteiger partial charge in [0.2, 0.25) is 0 Å². The van der Waals surface area contributed by atoms with Crippen LogP contribution in [0, 0.1) is 5.92 Å². The van der Waals surface area contributed by atoms with Crippen molar-refractivity contribution in [3.8, 4) is 0 Å². The number of hydrogen-bond acceptors (Lipinski definition) is 1. The lowest BCUT2D eigenvalue weighted by Gasteiger charge is -2.48. The maximum absolute atomic E-state index is 5.99. The van der Waals surface area contributed by atoms with Crippen molar-refractivity contribution < 1.29 is 0 Å². The van der Waals surface area contributed by atoms with Crippen LogP contribution in [-0.4, -0.2) is 6.54 Å². The zero-order chi connectivity index (χ0) is 11.6. The van der Waals surface area contributed by atoms with Crippen LogP contribution in [0.4, 0.5) is 0 Å². The van der Waals surface area contributed by atoms with Crippen molar-refractivity contribution >= 4 is 15.9 Å². The van der Waals surface area contributed by atoms with Crippen LogP contribution in [0.25, 0.3) is 0 Å². The highest BCUT2D eigenvalue weighted by atomic mass is 79.9. The molecule has 2 N–H and O–H groups in total. The van der Waals surface area contributed by atoms with Crippen LogP contribution in [0.1, 0.15) is 38.2 Å². The predicted octanol–water partition coefficient (Wildman–Crippen LogP) is 3.86. The molecule has 1 aromatic carbocycles. The molecule has 88 valence electrons. The topological polar surface area (TPSA) is 26.0 Å². The van der Waals surface area contributed by atoms with Crippen molar-refractivity contribution in [3.05, 3.63) is 34.3 Å². The quantitative estimate of drug-likeness (QED) is 0.891. The second-order valence-corrected chi connectivity index (χ2v) is 5.97. The first kappa shape index (κ1) is 12.1. The van der Waals surface area contributed by atoms with Gasteiger partial charge in [0.05, 0.1) is 0 Å². The lowest BCUT2D eigenvalue weighted by atomic mass is 9.57. The zero-order valence-corrected chi connectivity index (χ0v) is 11.5. The Balaban J connectivity index is 2.09. The van der Waals surface area contributed by atoms with Crippen molar-refractivity contribution in [2.45, 2.75) is 38.0 Å². The van der Waals surface area contributed by atoms with Gasteiger partial charge in [-0.05, 0) is 36.5 Å². The van der Waals surface area contributed by atoms with Gasteiger partial charge in [-0.3, -0.25) is 0 Å². The summed E-state index contributed by atoms with van der Waals surface area (Å²) in [6.07, 6.45) is 5.21. The Bertz CT molecular complexity index is 338. The van der Waals surface area contributed by atoms with Crippen molar-refractivity contribution in [2.75, 3.05) is 6.54 Å². The first-order chi connectivity index (χ1) is 7.70. The fourth-order valence-corrected chi connectivity index (χ4v) is 3.25. The minimum Gasteiger partial charge on any atom is -0.330 e. The van der Waals surface area contributed by atoms with E-state index in [1.807, 2.05) is 0 Å². The second kappa shape index (κ2) is 4.89. The van der Waals surface area contributed by atoms with Gasteiger partial charge in [-0.25, -0.2) is 0 Å².